The van der Waals surface area contributed by atoms with Gasteiger partial charge < -0.3 is 4.90 Å². The molecule has 4 heteroatoms. The van der Waals surface area contributed by atoms with E-state index in [2.05, 4.69) is 11.0 Å². The molecule has 0 aliphatic carbocycles. The summed E-state index contributed by atoms with van der Waals surface area (Å²) in [5, 5.41) is 10.2. The smallest absolute Gasteiger partial charge is 0.173 e. The van der Waals surface area contributed by atoms with Gasteiger partial charge in [-0.2, -0.15) is 5.26 Å². The second-order valence-electron chi connectivity index (χ2n) is 6.47. The molecule has 1 aromatic carbocycles. The van der Waals surface area contributed by atoms with E-state index in [0.717, 1.165) is 27.4 Å². The van der Waals surface area contributed by atoms with Crippen molar-refractivity contribution in [3.05, 3.63) is 34.7 Å². The van der Waals surface area contributed by atoms with Crippen molar-refractivity contribution >= 4 is 27.2 Å². The van der Waals surface area contributed by atoms with E-state index in [4.69, 9.17) is 0 Å². The zero-order valence-electron chi connectivity index (χ0n) is 12.4. The van der Waals surface area contributed by atoms with Gasteiger partial charge in [0.2, 0.25) is 0 Å². The van der Waals surface area contributed by atoms with E-state index in [1.165, 1.54) is 37.3 Å². The number of nitriles is 1. The monoisotopic (exact) mass is 310 g/mol. The van der Waals surface area contributed by atoms with Gasteiger partial charge >= 0.3 is 0 Å². The van der Waals surface area contributed by atoms with Crippen LogP contribution in [0.2, 0.25) is 0 Å². The molecular weight excluding hydrogens is 292 g/mol. The van der Waals surface area contributed by atoms with Crippen LogP contribution in [-0.4, -0.2) is 30.3 Å². The fourth-order valence-corrected chi connectivity index (χ4v) is 5.02. The summed E-state index contributed by atoms with van der Waals surface area (Å²) in [5.74, 6) is 1.51. The van der Waals surface area contributed by atoms with Gasteiger partial charge in [-0.1, -0.05) is 12.1 Å². The van der Waals surface area contributed by atoms with Crippen molar-refractivity contribution in [2.24, 2.45) is 11.8 Å². The first kappa shape index (κ1) is 13.9. The maximum Gasteiger partial charge on any atom is 0.173 e. The number of piperidine rings is 3. The van der Waals surface area contributed by atoms with Gasteiger partial charge in [0.1, 0.15) is 6.07 Å². The normalized spacial score (nSPS) is 27.0. The zero-order valence-corrected chi connectivity index (χ0v) is 13.2. The highest BCUT2D eigenvalue weighted by atomic mass is 32.1. The summed E-state index contributed by atoms with van der Waals surface area (Å²) in [5.41, 5.74) is 0.671. The molecule has 2 aromatic rings. The number of fused-ring (bicyclic) bond motifs is 4. The third kappa shape index (κ3) is 2.35. The van der Waals surface area contributed by atoms with E-state index in [-0.39, 0.29) is 5.78 Å². The van der Waals surface area contributed by atoms with Crippen molar-refractivity contribution in [1.82, 2.24) is 4.90 Å². The van der Waals surface area contributed by atoms with Gasteiger partial charge in [0.15, 0.2) is 5.78 Å². The highest BCUT2D eigenvalue weighted by Crippen LogP contribution is 2.36. The van der Waals surface area contributed by atoms with E-state index in [1.807, 2.05) is 24.3 Å². The molecule has 0 unspecified atom stereocenters. The number of carbonyl (C=O) groups excluding carboxylic acids is 1. The Morgan fingerprint density at radius 1 is 1.36 bits per heavy atom. The minimum absolute atomic E-state index is 0.254. The molecule has 3 saturated heterocycles. The van der Waals surface area contributed by atoms with Crippen LogP contribution in [0, 0.1) is 23.2 Å². The number of benzene rings is 1. The Morgan fingerprint density at radius 2 is 2.18 bits per heavy atom. The van der Waals surface area contributed by atoms with Crippen LogP contribution in [0.1, 0.15) is 34.5 Å². The highest BCUT2D eigenvalue weighted by Gasteiger charge is 2.35. The predicted molar refractivity (Wildman–Crippen MR) is 88.1 cm³/mol. The Hall–Kier alpha value is -1.70. The van der Waals surface area contributed by atoms with E-state index in [0.29, 0.717) is 17.9 Å². The van der Waals surface area contributed by atoms with E-state index >= 15 is 0 Å². The molecule has 0 amide bonds. The summed E-state index contributed by atoms with van der Waals surface area (Å²) >= 11 is 1.48. The Balaban J connectivity index is 1.57. The quantitative estimate of drug-likeness (QED) is 0.812. The molecule has 0 saturated carbocycles. The number of nitrogens with zero attached hydrogens (tertiary/aromatic N) is 2. The van der Waals surface area contributed by atoms with Crippen LogP contribution in [0.3, 0.4) is 0 Å². The lowest BCUT2D eigenvalue weighted by Crippen LogP contribution is -2.47. The molecule has 5 rings (SSSR count). The van der Waals surface area contributed by atoms with Gasteiger partial charge in [-0.15, -0.1) is 11.3 Å². The molecule has 4 heterocycles. The third-order valence-electron chi connectivity index (χ3n) is 5.18. The Kier molecular flexibility index (Phi) is 3.48. The van der Waals surface area contributed by atoms with E-state index < -0.39 is 0 Å². The molecule has 0 N–H and O–H groups in total. The third-order valence-corrected chi connectivity index (χ3v) is 6.40. The van der Waals surface area contributed by atoms with Crippen LogP contribution < -0.4 is 0 Å². The molecule has 0 radical (unpaired) electrons. The van der Waals surface area contributed by atoms with Crippen LogP contribution in [0.5, 0.6) is 0 Å². The first-order valence-electron chi connectivity index (χ1n) is 7.93. The largest absolute Gasteiger partial charge is 0.303 e. The molecule has 22 heavy (non-hydrogen) atoms. The zero-order chi connectivity index (χ0) is 15.1. The summed E-state index contributed by atoms with van der Waals surface area (Å²) in [4.78, 5) is 16.0. The van der Waals surface area contributed by atoms with Gasteiger partial charge in [-0.25, -0.2) is 0 Å². The van der Waals surface area contributed by atoms with Crippen LogP contribution in [0.15, 0.2) is 24.3 Å². The molecule has 0 spiro atoms. The standard InChI is InChI=1S/C18H18N2OS/c19-10-14-3-1-2-13-9-17(22-18(13)14)16(21)8-15-11-20-6-4-12(15)5-7-20/h1-3,9,12,15H,4-8,11H2/t15-/m0/s1. The minimum Gasteiger partial charge on any atom is -0.303 e. The second kappa shape index (κ2) is 5.49. The van der Waals surface area contributed by atoms with Crippen molar-refractivity contribution in [2.75, 3.05) is 19.6 Å². The van der Waals surface area contributed by atoms with Crippen LogP contribution in [-0.2, 0) is 0 Å². The Morgan fingerprint density at radius 3 is 2.86 bits per heavy atom. The lowest BCUT2D eigenvalue weighted by molar-refractivity contribution is 0.0442. The van der Waals surface area contributed by atoms with Gasteiger partial charge in [0.05, 0.1) is 15.1 Å². The van der Waals surface area contributed by atoms with Crippen molar-refractivity contribution in [3.8, 4) is 6.07 Å². The molecule has 3 nitrogen and oxygen atoms in total. The molecule has 112 valence electrons. The van der Waals surface area contributed by atoms with Gasteiger partial charge in [-0.3, -0.25) is 4.79 Å². The maximum atomic E-state index is 12.7. The Bertz CT molecular complexity index is 765. The second-order valence-corrected chi connectivity index (χ2v) is 7.52. The Labute approximate surface area is 134 Å². The van der Waals surface area contributed by atoms with Crippen molar-refractivity contribution in [1.29, 1.82) is 5.26 Å². The molecular formula is C18H18N2OS. The summed E-state index contributed by atoms with van der Waals surface area (Å²) in [6, 6.07) is 9.87. The van der Waals surface area contributed by atoms with E-state index in [9.17, 15) is 10.1 Å². The fraction of sp³-hybridized carbons (Fsp3) is 0.444. The molecule has 1 atom stereocenters. The van der Waals surface area contributed by atoms with Crippen molar-refractivity contribution in [2.45, 2.75) is 19.3 Å². The molecule has 2 bridgehead atoms. The van der Waals surface area contributed by atoms with Crippen molar-refractivity contribution in [3.63, 3.8) is 0 Å². The minimum atomic E-state index is 0.254. The number of hydrogen-bond acceptors (Lipinski definition) is 4. The van der Waals surface area contributed by atoms with Crippen LogP contribution in [0.4, 0.5) is 0 Å². The first-order valence-corrected chi connectivity index (χ1v) is 8.74. The summed E-state index contributed by atoms with van der Waals surface area (Å²) in [7, 11) is 0. The van der Waals surface area contributed by atoms with Gasteiger partial charge in [0, 0.05) is 13.0 Å². The van der Waals surface area contributed by atoms with Gasteiger partial charge in [-0.05, 0) is 55.3 Å². The van der Waals surface area contributed by atoms with E-state index in [1.54, 1.807) is 0 Å². The summed E-state index contributed by atoms with van der Waals surface area (Å²) in [6.45, 7) is 3.51. The predicted octanol–water partition coefficient (Wildman–Crippen LogP) is 3.69. The first-order chi connectivity index (χ1) is 10.7. The average Bonchev–Trinajstić information content (AvgIpc) is 3.00. The molecule has 3 fully saturated rings. The SMILES string of the molecule is N#Cc1cccc2cc(C(=O)C[C@H]3CN4CCC3CC4)sc12. The van der Waals surface area contributed by atoms with Crippen LogP contribution in [0.25, 0.3) is 10.1 Å². The number of carbonyl (C=O) groups is 1. The lowest BCUT2D eigenvalue weighted by atomic mass is 9.76. The number of ketones is 1. The highest BCUT2D eigenvalue weighted by molar-refractivity contribution is 7.21. The number of Topliss-reactive ketones (excluding diaryl/α,β-unsaturated/α-hetero) is 1. The number of hydrogen-bond donors (Lipinski definition) is 0. The molecule has 3 aliphatic rings. The number of thiophene rings is 1. The summed E-state index contributed by atoms with van der Waals surface area (Å²) < 4.78 is 0.947. The van der Waals surface area contributed by atoms with Gasteiger partial charge in [0.25, 0.3) is 0 Å². The van der Waals surface area contributed by atoms with Crippen molar-refractivity contribution < 1.29 is 4.79 Å². The van der Waals surface area contributed by atoms with Crippen LogP contribution >= 0.6 is 11.3 Å². The fourth-order valence-electron chi connectivity index (χ4n) is 3.95. The average molecular weight is 310 g/mol. The summed E-state index contributed by atoms with van der Waals surface area (Å²) in [6.07, 6.45) is 3.17. The molecule has 1 aromatic heterocycles. The molecule has 3 aliphatic heterocycles. The number of rotatable bonds is 3. The maximum absolute atomic E-state index is 12.7. The topological polar surface area (TPSA) is 44.1 Å². The lowest BCUT2D eigenvalue weighted by Gasteiger charge is -2.44.